The van der Waals surface area contributed by atoms with Crippen LogP contribution in [-0.4, -0.2) is 22.7 Å². The average molecular weight is 436 g/mol. The number of benzene rings is 3. The number of halogens is 1. The van der Waals surface area contributed by atoms with E-state index in [9.17, 15) is 9.59 Å². The highest BCUT2D eigenvalue weighted by Crippen LogP contribution is 2.38. The maximum atomic E-state index is 13.1. The molecular weight excluding hydrogens is 418 g/mol. The molecule has 4 rings (SSSR count). The number of rotatable bonds is 5. The second kappa shape index (κ2) is 8.73. The highest BCUT2D eigenvalue weighted by molar-refractivity contribution is 8.14. The molecule has 0 unspecified atom stereocenters. The number of nitrogens with one attached hydrogen (secondary N) is 2. The summed E-state index contributed by atoms with van der Waals surface area (Å²) in [4.78, 5) is 30.2. The van der Waals surface area contributed by atoms with E-state index in [4.69, 9.17) is 16.6 Å². The van der Waals surface area contributed by atoms with Crippen LogP contribution in [0.25, 0.3) is 0 Å². The van der Waals surface area contributed by atoms with Crippen LogP contribution in [0.1, 0.15) is 11.1 Å². The largest absolute Gasteiger partial charge is 0.325 e. The number of amidine groups is 1. The highest BCUT2D eigenvalue weighted by Gasteiger charge is 2.46. The lowest BCUT2D eigenvalue weighted by atomic mass is 9.83. The molecule has 0 fully saturated rings. The molecule has 30 heavy (non-hydrogen) atoms. The van der Waals surface area contributed by atoms with E-state index in [0.717, 1.165) is 11.1 Å². The summed E-state index contributed by atoms with van der Waals surface area (Å²) in [6.07, 6.45) is 0. The van der Waals surface area contributed by atoms with Crippen LogP contribution in [0, 0.1) is 0 Å². The number of aliphatic imine (C=N–C) groups is 1. The smallest absolute Gasteiger partial charge is 0.263 e. The molecule has 5 nitrogen and oxygen atoms in total. The second-order valence-corrected chi connectivity index (χ2v) is 8.06. The maximum absolute atomic E-state index is 13.1. The fraction of sp³-hybridized carbons (Fsp3) is 0.0870. The van der Waals surface area contributed by atoms with E-state index in [1.165, 1.54) is 11.8 Å². The van der Waals surface area contributed by atoms with Gasteiger partial charge in [0.25, 0.3) is 5.91 Å². The van der Waals surface area contributed by atoms with Crippen molar-refractivity contribution in [3.8, 4) is 0 Å². The van der Waals surface area contributed by atoms with Gasteiger partial charge in [0.2, 0.25) is 5.91 Å². The van der Waals surface area contributed by atoms with E-state index in [2.05, 4.69) is 10.6 Å². The lowest BCUT2D eigenvalue weighted by Gasteiger charge is -2.24. The summed E-state index contributed by atoms with van der Waals surface area (Å²) in [5.74, 6) is -0.321. The van der Waals surface area contributed by atoms with Crippen LogP contribution in [-0.2, 0) is 15.1 Å². The first-order chi connectivity index (χ1) is 14.6. The Bertz CT molecular complexity index is 1050. The third kappa shape index (κ3) is 4.10. The van der Waals surface area contributed by atoms with Gasteiger partial charge >= 0.3 is 0 Å². The van der Waals surface area contributed by atoms with E-state index in [1.54, 1.807) is 24.3 Å². The monoisotopic (exact) mass is 435 g/mol. The zero-order valence-electron chi connectivity index (χ0n) is 15.8. The summed E-state index contributed by atoms with van der Waals surface area (Å²) in [6.45, 7) is 0. The molecule has 0 spiro atoms. The van der Waals surface area contributed by atoms with Gasteiger partial charge in [0.15, 0.2) is 10.7 Å². The minimum absolute atomic E-state index is 0.112. The molecule has 1 aliphatic heterocycles. The van der Waals surface area contributed by atoms with Crippen LogP contribution in [0.3, 0.4) is 0 Å². The Labute approximate surface area is 183 Å². The van der Waals surface area contributed by atoms with Crippen LogP contribution in [0.2, 0.25) is 5.02 Å². The van der Waals surface area contributed by atoms with Gasteiger partial charge in [0.1, 0.15) is 0 Å². The summed E-state index contributed by atoms with van der Waals surface area (Å²) in [7, 11) is 0. The van der Waals surface area contributed by atoms with Gasteiger partial charge in [-0.25, -0.2) is 4.99 Å². The second-order valence-electron chi connectivity index (χ2n) is 6.66. The standard InChI is InChI=1S/C23H18ClN3O2S/c24-18-11-13-19(14-12-18)25-20(28)15-30-22-26-21(29)23(27-22,16-7-3-1-4-8-16)17-9-5-2-6-10-17/h1-14H,15H2,(H,25,28)(H,26,27,29). The fourth-order valence-corrected chi connectivity index (χ4v) is 4.10. The molecule has 0 saturated heterocycles. The molecule has 3 aromatic rings. The Balaban J connectivity index is 1.55. The van der Waals surface area contributed by atoms with Gasteiger partial charge in [-0.05, 0) is 35.4 Å². The van der Waals surface area contributed by atoms with E-state index in [1.807, 2.05) is 60.7 Å². The number of thioether (sulfide) groups is 1. The first-order valence-electron chi connectivity index (χ1n) is 9.28. The van der Waals surface area contributed by atoms with Crippen molar-refractivity contribution in [1.82, 2.24) is 5.32 Å². The van der Waals surface area contributed by atoms with E-state index < -0.39 is 5.54 Å². The number of anilines is 1. The normalized spacial score (nSPS) is 14.7. The van der Waals surface area contributed by atoms with Gasteiger partial charge in [-0.3, -0.25) is 9.59 Å². The van der Waals surface area contributed by atoms with Crippen LogP contribution in [0.5, 0.6) is 0 Å². The van der Waals surface area contributed by atoms with Crippen LogP contribution < -0.4 is 10.6 Å². The third-order valence-corrected chi connectivity index (χ3v) is 5.79. The predicted molar refractivity (Wildman–Crippen MR) is 122 cm³/mol. The fourth-order valence-electron chi connectivity index (χ4n) is 3.27. The SMILES string of the molecule is O=C(CSC1=NC(c2ccccc2)(c2ccccc2)C(=O)N1)Nc1ccc(Cl)cc1. The average Bonchev–Trinajstić information content (AvgIpc) is 3.12. The van der Waals surface area contributed by atoms with Crippen molar-refractivity contribution in [2.24, 2.45) is 4.99 Å². The number of amides is 2. The van der Waals surface area contributed by atoms with Gasteiger partial charge in [-0.1, -0.05) is 84.0 Å². The summed E-state index contributed by atoms with van der Waals surface area (Å²) >= 11 is 7.05. The molecule has 0 saturated carbocycles. The van der Waals surface area contributed by atoms with Gasteiger partial charge in [0.05, 0.1) is 5.75 Å². The summed E-state index contributed by atoms with van der Waals surface area (Å²) in [6, 6.07) is 25.7. The first kappa shape index (κ1) is 20.2. The number of hydrogen-bond acceptors (Lipinski definition) is 4. The van der Waals surface area contributed by atoms with Crippen LogP contribution in [0.15, 0.2) is 89.9 Å². The van der Waals surface area contributed by atoms with Crippen molar-refractivity contribution >= 4 is 46.0 Å². The summed E-state index contributed by atoms with van der Waals surface area (Å²) in [5, 5.41) is 6.66. The molecule has 0 bridgehead atoms. The first-order valence-corrected chi connectivity index (χ1v) is 10.6. The lowest BCUT2D eigenvalue weighted by Crippen LogP contribution is -2.38. The molecule has 3 aromatic carbocycles. The quantitative estimate of drug-likeness (QED) is 0.622. The summed E-state index contributed by atoms with van der Waals surface area (Å²) < 4.78 is 0. The Morgan fingerprint density at radius 1 is 0.933 bits per heavy atom. The predicted octanol–water partition coefficient (Wildman–Crippen LogP) is 4.44. The third-order valence-electron chi connectivity index (χ3n) is 4.67. The lowest BCUT2D eigenvalue weighted by molar-refractivity contribution is -0.122. The molecule has 2 N–H and O–H groups in total. The summed E-state index contributed by atoms with van der Waals surface area (Å²) in [5.41, 5.74) is 1.03. The molecular formula is C23H18ClN3O2S. The molecule has 150 valence electrons. The van der Waals surface area contributed by atoms with E-state index >= 15 is 0 Å². The number of carbonyl (C=O) groups is 2. The maximum Gasteiger partial charge on any atom is 0.263 e. The Morgan fingerprint density at radius 3 is 2.07 bits per heavy atom. The topological polar surface area (TPSA) is 70.6 Å². The van der Waals surface area contributed by atoms with E-state index in [-0.39, 0.29) is 17.6 Å². The molecule has 7 heteroatoms. The van der Waals surface area contributed by atoms with Gasteiger partial charge in [0, 0.05) is 10.7 Å². The van der Waals surface area contributed by atoms with Crippen molar-refractivity contribution in [3.63, 3.8) is 0 Å². The minimum atomic E-state index is -1.17. The molecule has 0 aromatic heterocycles. The van der Waals surface area contributed by atoms with Crippen LogP contribution >= 0.6 is 23.4 Å². The van der Waals surface area contributed by atoms with E-state index in [0.29, 0.717) is 15.9 Å². The zero-order chi connectivity index (χ0) is 21.0. The van der Waals surface area contributed by atoms with Crippen molar-refractivity contribution in [1.29, 1.82) is 0 Å². The minimum Gasteiger partial charge on any atom is -0.325 e. The van der Waals surface area contributed by atoms with Gasteiger partial charge in [-0.15, -0.1) is 0 Å². The highest BCUT2D eigenvalue weighted by atomic mass is 35.5. The van der Waals surface area contributed by atoms with Crippen molar-refractivity contribution in [3.05, 3.63) is 101 Å². The van der Waals surface area contributed by atoms with Gasteiger partial charge in [-0.2, -0.15) is 0 Å². The molecule has 0 atom stereocenters. The number of carbonyl (C=O) groups excluding carboxylic acids is 2. The van der Waals surface area contributed by atoms with Gasteiger partial charge < -0.3 is 10.6 Å². The Morgan fingerprint density at radius 2 is 1.50 bits per heavy atom. The Hall–Kier alpha value is -3.09. The van der Waals surface area contributed by atoms with Crippen LogP contribution in [0.4, 0.5) is 5.69 Å². The zero-order valence-corrected chi connectivity index (χ0v) is 17.4. The molecule has 0 radical (unpaired) electrons. The molecule has 1 aliphatic rings. The molecule has 0 aliphatic carbocycles. The Kier molecular flexibility index (Phi) is 5.88. The van der Waals surface area contributed by atoms with Crippen molar-refractivity contribution in [2.75, 3.05) is 11.1 Å². The number of nitrogens with zero attached hydrogens (tertiary/aromatic N) is 1. The molecule has 2 amide bonds. The van der Waals surface area contributed by atoms with Crippen molar-refractivity contribution in [2.45, 2.75) is 5.54 Å². The van der Waals surface area contributed by atoms with Crippen molar-refractivity contribution < 1.29 is 9.59 Å². The number of hydrogen-bond donors (Lipinski definition) is 2. The molecule has 1 heterocycles.